The summed E-state index contributed by atoms with van der Waals surface area (Å²) >= 11 is 11.4. The Bertz CT molecular complexity index is 7390. The van der Waals surface area contributed by atoms with Gasteiger partial charge in [-0.2, -0.15) is 0 Å². The molecule has 0 spiro atoms. The molecule has 24 rings (SSSR count). The molecule has 7 nitrogen and oxygen atoms in total. The Kier molecular flexibility index (Phi) is 18.2. The van der Waals surface area contributed by atoms with Crippen molar-refractivity contribution in [1.82, 2.24) is 18.3 Å². The molecule has 24 aromatic rings. The van der Waals surface area contributed by atoms with Gasteiger partial charge < -0.3 is 33.4 Å². The van der Waals surface area contributed by atoms with Crippen LogP contribution in [0.4, 0.5) is 45.5 Å². The normalized spacial score (nSPS) is 11.6. The molecule has 0 aliphatic carbocycles. The van der Waals surface area contributed by atoms with E-state index in [0.29, 0.717) is 0 Å². The Balaban J connectivity index is 0.000000133. The Morgan fingerprint density at radius 3 is 0.672 bits per heavy atom. The first-order valence-corrected chi connectivity index (χ1v) is 43.1. The van der Waals surface area contributed by atoms with Gasteiger partial charge in [0.05, 0.1) is 44.1 Å². The van der Waals surface area contributed by atoms with Gasteiger partial charge in [-0.1, -0.05) is 238 Å². The number of para-hydroxylation sites is 10. The summed E-state index contributed by atoms with van der Waals surface area (Å²) in [7, 11) is 0. The van der Waals surface area contributed by atoms with Gasteiger partial charge in [0, 0.05) is 161 Å². The number of anilines is 8. The Morgan fingerprint density at radius 2 is 0.412 bits per heavy atom. The molecule has 0 amide bonds. The van der Waals surface area contributed by atoms with Gasteiger partial charge in [-0.3, -0.25) is 0 Å². The minimum absolute atomic E-state index is 1.09. The number of thiophene rings is 2. The van der Waals surface area contributed by atoms with Crippen LogP contribution in [-0.2, 0) is 0 Å². The maximum absolute atomic E-state index is 3.76. The molecule has 6 aromatic heterocycles. The molecule has 0 atom stereocenters. The Morgan fingerprint density at radius 1 is 0.193 bits per heavy atom. The molecule has 564 valence electrons. The fourth-order valence-corrected chi connectivity index (χ4v) is 21.4. The average Bonchev–Trinajstić information content (AvgIpc) is 1.54. The summed E-state index contributed by atoms with van der Waals surface area (Å²) in [5, 5.41) is 18.6. The molecule has 0 saturated carbocycles. The number of benzene rings is 18. The van der Waals surface area contributed by atoms with E-state index in [2.05, 4.69) is 429 Å². The lowest BCUT2D eigenvalue weighted by Crippen LogP contribution is -2.09. The van der Waals surface area contributed by atoms with Crippen LogP contribution in [0.15, 0.2) is 434 Å². The van der Waals surface area contributed by atoms with Crippen LogP contribution in [0.5, 0.6) is 0 Å². The van der Waals surface area contributed by atoms with Crippen LogP contribution in [0.1, 0.15) is 0 Å². The van der Waals surface area contributed by atoms with E-state index in [9.17, 15) is 0 Å². The van der Waals surface area contributed by atoms with E-state index >= 15 is 0 Å². The summed E-state index contributed by atoms with van der Waals surface area (Å²) in [4.78, 5) is 4.73. The number of rotatable bonds is 12. The molecule has 0 unspecified atom stereocenters. The summed E-state index contributed by atoms with van der Waals surface area (Å²) in [6, 6.07) is 152. The lowest BCUT2D eigenvalue weighted by atomic mass is 10.0. The zero-order chi connectivity index (χ0) is 79.0. The first kappa shape index (κ1) is 71.5. The van der Waals surface area contributed by atoms with Gasteiger partial charge in [-0.25, -0.2) is 0 Å². The largest absolute Gasteiger partial charge is 0.356 e. The van der Waals surface area contributed by atoms with Crippen molar-refractivity contribution in [3.05, 3.63) is 434 Å². The van der Waals surface area contributed by atoms with E-state index in [1.165, 1.54) is 139 Å². The van der Waals surface area contributed by atoms with E-state index in [-0.39, 0.29) is 0 Å². The maximum Gasteiger partial charge on any atom is 0.0555 e. The van der Waals surface area contributed by atoms with E-state index in [1.807, 2.05) is 83.3 Å². The Hall–Kier alpha value is -14.0. The quantitative estimate of drug-likeness (QED) is 0.132. The second kappa shape index (κ2) is 30.2. The molecule has 18 aromatic carbocycles. The van der Waals surface area contributed by atoms with Crippen molar-refractivity contribution in [3.63, 3.8) is 0 Å². The van der Waals surface area contributed by atoms with Crippen LogP contribution < -0.4 is 15.1 Å². The monoisotopic (exact) mass is 1690 g/mol. The predicted molar refractivity (Wildman–Crippen MR) is 517 cm³/mol. The summed E-state index contributed by atoms with van der Waals surface area (Å²) in [6.07, 6.45) is 0. The van der Waals surface area contributed by atoms with Crippen LogP contribution in [-0.4, -0.2) is 18.3 Å². The number of hydrogen-bond acceptors (Lipinski definition) is 5. The number of halogens is 2. The lowest BCUT2D eigenvalue weighted by molar-refractivity contribution is 1.18. The van der Waals surface area contributed by atoms with E-state index < -0.39 is 0 Å². The van der Waals surface area contributed by atoms with Gasteiger partial charge >= 0.3 is 0 Å². The minimum atomic E-state index is 1.09. The second-order valence-electron chi connectivity index (χ2n) is 29.8. The third-order valence-corrected chi connectivity index (χ3v) is 26.4. The number of aromatic nitrogens is 4. The molecule has 0 aliphatic heterocycles. The summed E-state index contributed by atoms with van der Waals surface area (Å²) in [6.45, 7) is 0. The molecule has 119 heavy (non-hydrogen) atoms. The van der Waals surface area contributed by atoms with Crippen molar-refractivity contribution in [2.75, 3.05) is 15.1 Å². The van der Waals surface area contributed by atoms with Crippen molar-refractivity contribution in [1.29, 1.82) is 0 Å². The highest BCUT2D eigenvalue weighted by atomic mass is 79.9. The van der Waals surface area contributed by atoms with Crippen molar-refractivity contribution in [2.45, 2.75) is 0 Å². The highest BCUT2D eigenvalue weighted by molar-refractivity contribution is 9.10. The van der Waals surface area contributed by atoms with E-state index in [0.717, 1.165) is 65.8 Å². The summed E-state index contributed by atoms with van der Waals surface area (Å²) in [5.41, 5.74) is 23.2. The summed E-state index contributed by atoms with van der Waals surface area (Å²) < 4.78 is 17.1. The number of fused-ring (bicyclic) bond motifs is 22. The average molecular weight is 1690 g/mol. The topological polar surface area (TPSA) is 38.2 Å². The molecule has 11 heteroatoms. The number of nitrogens with zero attached hydrogens (tertiary/aromatic N) is 6. The van der Waals surface area contributed by atoms with Crippen LogP contribution in [0.25, 0.3) is 150 Å². The standard InChI is InChI=1S/C60H40N4S.C36H20Br2N2S.C12H11N/c1-7-19-41(20-8-1)61(42-21-9-2-10-22-42)47-31-35-53-51(39-47)57-55(63(53)45-27-15-5-16-28-45)37-33-49-50-34-38-56-58(60(50)65-59(49)57)52-40-48(32-36-54(52)64(56)46-29-17-6-18-30-46)62(43-23-11-3-12-24-43)44-25-13-4-14-26-44;37-21-11-15-29-27(19-21)33-31(39(29)23-7-3-1-4-8-23)17-13-25-26-14-18-32-34(36(26)41-35(25)33)28-20-22(38)12-16-30(28)40(32)24-9-5-2-6-10-24;1-3-7-11(8-4-1)13-12-9-5-2-6-10-12/h1-40H;1-20H;1-10,13H. The molecular formula is C108H71Br2N7S2. The van der Waals surface area contributed by atoms with Crippen molar-refractivity contribution in [3.8, 4) is 22.7 Å². The third-order valence-electron chi connectivity index (χ3n) is 22.9. The fraction of sp³-hybridized carbons (Fsp3) is 0. The molecule has 0 radical (unpaired) electrons. The number of nitrogens with one attached hydrogen (secondary N) is 1. The lowest BCUT2D eigenvalue weighted by Gasteiger charge is -2.25. The highest BCUT2D eigenvalue weighted by Crippen LogP contribution is 2.52. The first-order chi connectivity index (χ1) is 58.9. The molecule has 0 saturated heterocycles. The maximum atomic E-state index is 3.76. The van der Waals surface area contributed by atoms with Gasteiger partial charge in [0.25, 0.3) is 0 Å². The van der Waals surface area contributed by atoms with Crippen molar-refractivity contribution < 1.29 is 0 Å². The van der Waals surface area contributed by atoms with Gasteiger partial charge in [-0.05, 0) is 218 Å². The molecule has 0 bridgehead atoms. The molecule has 6 heterocycles. The zero-order valence-corrected chi connectivity index (χ0v) is 69.0. The third kappa shape index (κ3) is 12.5. The molecule has 0 fully saturated rings. The van der Waals surface area contributed by atoms with E-state index in [1.54, 1.807) is 0 Å². The van der Waals surface area contributed by atoms with Crippen LogP contribution in [0, 0.1) is 0 Å². The SMILES string of the molecule is Brc1ccc2c(c1)c1c3sc4c(ccc5c4c4cc(Br)ccc4n5-c4ccccc4)c3ccc1n2-c1ccccc1.c1ccc(N(c2ccccc2)c2ccc3c(c2)c2c4sc5c(ccc6c5c5cc(N(c7ccccc7)c7ccccc7)ccc5n6-c5ccccc5)c4ccc2n3-c2ccccc2)cc1.c1ccc(Nc2ccccc2)cc1. The van der Waals surface area contributed by atoms with Crippen LogP contribution in [0.2, 0.25) is 0 Å². The van der Waals surface area contributed by atoms with E-state index in [4.69, 9.17) is 0 Å². The highest BCUT2D eigenvalue weighted by Gasteiger charge is 2.27. The van der Waals surface area contributed by atoms with Crippen LogP contribution in [0.3, 0.4) is 0 Å². The van der Waals surface area contributed by atoms with Gasteiger partial charge in [0.2, 0.25) is 0 Å². The fourth-order valence-electron chi connectivity index (χ4n) is 17.8. The van der Waals surface area contributed by atoms with Gasteiger partial charge in [0.15, 0.2) is 0 Å². The predicted octanol–water partition coefficient (Wildman–Crippen LogP) is 32.4. The minimum Gasteiger partial charge on any atom is -0.356 e. The van der Waals surface area contributed by atoms with Gasteiger partial charge in [0.1, 0.15) is 0 Å². The smallest absolute Gasteiger partial charge is 0.0555 e. The number of hydrogen-bond donors (Lipinski definition) is 1. The van der Waals surface area contributed by atoms with Crippen molar-refractivity contribution >= 4 is 228 Å². The Labute approximate surface area is 711 Å². The summed E-state index contributed by atoms with van der Waals surface area (Å²) in [5.74, 6) is 0. The molecular weight excluding hydrogens is 1620 g/mol. The van der Waals surface area contributed by atoms with Crippen LogP contribution >= 0.6 is 54.5 Å². The zero-order valence-electron chi connectivity index (χ0n) is 64.2. The molecule has 1 N–H and O–H groups in total. The second-order valence-corrected chi connectivity index (χ2v) is 33.7. The van der Waals surface area contributed by atoms with Gasteiger partial charge in [-0.15, -0.1) is 22.7 Å². The molecule has 0 aliphatic rings. The first-order valence-electron chi connectivity index (χ1n) is 39.9. The van der Waals surface area contributed by atoms with Crippen molar-refractivity contribution in [2.24, 2.45) is 0 Å².